The first kappa shape index (κ1) is 19.0. The number of carbonyl (C=O) groups excluding carboxylic acids is 1. The number of likely N-dealkylation sites (tertiary alicyclic amines) is 2. The summed E-state index contributed by atoms with van der Waals surface area (Å²) >= 11 is 0. The molecule has 28 heavy (non-hydrogen) atoms. The third-order valence-electron chi connectivity index (χ3n) is 6.25. The molecule has 1 atom stereocenters. The molecule has 1 unspecified atom stereocenters. The molecule has 1 N–H and O–H groups in total. The Morgan fingerprint density at radius 1 is 1.25 bits per heavy atom. The molecule has 0 bridgehead atoms. The second kappa shape index (κ2) is 7.97. The topological polar surface area (TPSA) is 69.6 Å². The molecule has 6 nitrogen and oxygen atoms in total. The third kappa shape index (κ3) is 4.08. The van der Waals surface area contributed by atoms with Crippen molar-refractivity contribution < 1.29 is 9.90 Å². The summed E-state index contributed by atoms with van der Waals surface area (Å²) in [6.07, 6.45) is 7.44. The minimum absolute atomic E-state index is 0.00994. The van der Waals surface area contributed by atoms with Gasteiger partial charge in [0.25, 0.3) is 5.91 Å². The van der Waals surface area contributed by atoms with E-state index in [9.17, 15) is 9.90 Å². The molecule has 0 radical (unpaired) electrons. The Kier molecular flexibility index (Phi) is 5.42. The Hall–Kier alpha value is -2.31. The van der Waals surface area contributed by atoms with Crippen molar-refractivity contribution in [3.8, 4) is 0 Å². The van der Waals surface area contributed by atoms with E-state index in [1.54, 1.807) is 24.5 Å². The van der Waals surface area contributed by atoms with Crippen molar-refractivity contribution in [1.82, 2.24) is 19.8 Å². The highest BCUT2D eigenvalue weighted by molar-refractivity contribution is 5.94. The van der Waals surface area contributed by atoms with E-state index < -0.39 is 6.10 Å². The molecule has 0 aliphatic carbocycles. The number of hydrogen-bond acceptors (Lipinski definition) is 5. The van der Waals surface area contributed by atoms with Gasteiger partial charge in [0.1, 0.15) is 0 Å². The molecular formula is C22H28N4O2. The molecule has 2 aromatic rings. The molecule has 2 fully saturated rings. The van der Waals surface area contributed by atoms with Crippen LogP contribution in [-0.4, -0.2) is 63.1 Å². The maximum Gasteiger partial charge on any atom is 0.255 e. The summed E-state index contributed by atoms with van der Waals surface area (Å²) in [5.41, 5.74) is 2.96. The van der Waals surface area contributed by atoms with Gasteiger partial charge in [-0.2, -0.15) is 0 Å². The van der Waals surface area contributed by atoms with Gasteiger partial charge in [0.2, 0.25) is 0 Å². The average molecular weight is 380 g/mol. The summed E-state index contributed by atoms with van der Waals surface area (Å²) in [5, 5.41) is 10.5. The van der Waals surface area contributed by atoms with Gasteiger partial charge in [0.05, 0.1) is 11.7 Å². The van der Waals surface area contributed by atoms with Gasteiger partial charge in [-0.05, 0) is 68.5 Å². The van der Waals surface area contributed by atoms with Crippen molar-refractivity contribution in [2.75, 3.05) is 26.2 Å². The smallest absolute Gasteiger partial charge is 0.255 e. The average Bonchev–Trinajstić information content (AvgIpc) is 2.71. The summed E-state index contributed by atoms with van der Waals surface area (Å²) in [4.78, 5) is 25.6. The lowest BCUT2D eigenvalue weighted by atomic mass is 9.71. The van der Waals surface area contributed by atoms with Gasteiger partial charge >= 0.3 is 0 Å². The normalized spacial score (nSPS) is 22.4. The van der Waals surface area contributed by atoms with Crippen LogP contribution in [0, 0.1) is 12.3 Å². The molecule has 2 saturated heterocycles. The summed E-state index contributed by atoms with van der Waals surface area (Å²) in [5.74, 6) is -0.0281. The van der Waals surface area contributed by atoms with E-state index in [1.807, 2.05) is 17.2 Å². The Bertz CT molecular complexity index is 818. The van der Waals surface area contributed by atoms with E-state index >= 15 is 0 Å². The summed E-state index contributed by atoms with van der Waals surface area (Å²) in [6, 6.07) is 7.71. The zero-order chi connectivity index (χ0) is 19.6. The third-order valence-corrected chi connectivity index (χ3v) is 6.25. The number of pyridine rings is 2. The van der Waals surface area contributed by atoms with Crippen molar-refractivity contribution in [2.24, 2.45) is 5.41 Å². The van der Waals surface area contributed by atoms with Crippen LogP contribution in [0.5, 0.6) is 0 Å². The standard InChI is InChI=1S/C22H28N4O2/c1-17-19(5-3-9-24-17)14-25-10-6-22(7-11-25)12-20(27)15-26(16-22)21(28)18-4-2-8-23-13-18/h2-5,8-9,13,20,27H,6-7,10-12,14-16H2,1H3. The maximum absolute atomic E-state index is 12.9. The fourth-order valence-corrected chi connectivity index (χ4v) is 4.65. The first-order valence-electron chi connectivity index (χ1n) is 10.0. The molecule has 1 spiro atoms. The number of piperidine rings is 2. The Morgan fingerprint density at radius 3 is 2.75 bits per heavy atom. The summed E-state index contributed by atoms with van der Waals surface area (Å²) < 4.78 is 0. The lowest BCUT2D eigenvalue weighted by molar-refractivity contribution is -0.0337. The van der Waals surface area contributed by atoms with E-state index in [4.69, 9.17) is 0 Å². The highest BCUT2D eigenvalue weighted by Crippen LogP contribution is 2.40. The molecule has 0 aromatic carbocycles. The van der Waals surface area contributed by atoms with Crippen LogP contribution in [0.3, 0.4) is 0 Å². The van der Waals surface area contributed by atoms with Gasteiger partial charge in [-0.3, -0.25) is 19.7 Å². The van der Waals surface area contributed by atoms with Gasteiger partial charge in [0.15, 0.2) is 0 Å². The highest BCUT2D eigenvalue weighted by Gasteiger charge is 2.43. The van der Waals surface area contributed by atoms with Gasteiger partial charge < -0.3 is 10.0 Å². The second-order valence-corrected chi connectivity index (χ2v) is 8.31. The van der Waals surface area contributed by atoms with Crippen LogP contribution in [0.2, 0.25) is 0 Å². The number of β-amino-alcohol motifs (C(OH)–C–C–N with tert-alkyl or cyclic N) is 1. The van der Waals surface area contributed by atoms with Crippen molar-refractivity contribution in [3.05, 3.63) is 59.7 Å². The fraction of sp³-hybridized carbons (Fsp3) is 0.500. The van der Waals surface area contributed by atoms with E-state index in [-0.39, 0.29) is 11.3 Å². The Morgan fingerprint density at radius 2 is 2.04 bits per heavy atom. The number of aliphatic hydroxyl groups is 1. The predicted molar refractivity (Wildman–Crippen MR) is 107 cm³/mol. The molecule has 2 aliphatic rings. The van der Waals surface area contributed by atoms with E-state index in [1.165, 1.54) is 5.56 Å². The first-order chi connectivity index (χ1) is 13.5. The number of hydrogen-bond donors (Lipinski definition) is 1. The quantitative estimate of drug-likeness (QED) is 0.885. The molecule has 2 aliphatic heterocycles. The van der Waals surface area contributed by atoms with Crippen LogP contribution in [0.15, 0.2) is 42.9 Å². The molecule has 4 heterocycles. The Labute approximate surface area is 166 Å². The van der Waals surface area contributed by atoms with E-state index in [2.05, 4.69) is 27.9 Å². The van der Waals surface area contributed by atoms with Crippen LogP contribution in [0.1, 0.15) is 40.9 Å². The van der Waals surface area contributed by atoms with Crippen molar-refractivity contribution >= 4 is 5.91 Å². The molecule has 2 aromatic heterocycles. The predicted octanol–water partition coefficient (Wildman–Crippen LogP) is 2.27. The van der Waals surface area contributed by atoms with E-state index in [0.29, 0.717) is 12.1 Å². The number of rotatable bonds is 3. The highest BCUT2D eigenvalue weighted by atomic mass is 16.3. The molecule has 1 amide bonds. The number of nitrogens with zero attached hydrogens (tertiary/aromatic N) is 4. The maximum atomic E-state index is 12.9. The van der Waals surface area contributed by atoms with Crippen molar-refractivity contribution in [3.63, 3.8) is 0 Å². The van der Waals surface area contributed by atoms with Gasteiger partial charge in [0, 0.05) is 43.9 Å². The van der Waals surface area contributed by atoms with Crippen LogP contribution < -0.4 is 0 Å². The monoisotopic (exact) mass is 380 g/mol. The molecular weight excluding hydrogens is 352 g/mol. The number of carbonyl (C=O) groups is 1. The number of aliphatic hydroxyl groups excluding tert-OH is 1. The summed E-state index contributed by atoms with van der Waals surface area (Å²) in [7, 11) is 0. The number of amides is 1. The van der Waals surface area contributed by atoms with Crippen molar-refractivity contribution in [2.45, 2.75) is 38.8 Å². The summed E-state index contributed by atoms with van der Waals surface area (Å²) in [6.45, 7) is 6.06. The van der Waals surface area contributed by atoms with Crippen LogP contribution >= 0.6 is 0 Å². The lowest BCUT2D eigenvalue weighted by Crippen LogP contribution is -2.55. The second-order valence-electron chi connectivity index (χ2n) is 8.31. The number of aromatic nitrogens is 2. The SMILES string of the molecule is Cc1ncccc1CN1CCC2(CC1)CC(O)CN(C(=O)c1cccnc1)C2. The van der Waals surface area contributed by atoms with Crippen LogP contribution in [0.4, 0.5) is 0 Å². The Balaban J connectivity index is 1.41. The van der Waals surface area contributed by atoms with Crippen LogP contribution in [-0.2, 0) is 6.54 Å². The van der Waals surface area contributed by atoms with Gasteiger partial charge in [-0.15, -0.1) is 0 Å². The zero-order valence-corrected chi connectivity index (χ0v) is 16.4. The number of aryl methyl sites for hydroxylation is 1. The van der Waals surface area contributed by atoms with Gasteiger partial charge in [-0.25, -0.2) is 0 Å². The lowest BCUT2D eigenvalue weighted by Gasteiger charge is -2.49. The van der Waals surface area contributed by atoms with Gasteiger partial charge in [-0.1, -0.05) is 6.07 Å². The van der Waals surface area contributed by atoms with Crippen molar-refractivity contribution in [1.29, 1.82) is 0 Å². The molecule has 148 valence electrons. The minimum atomic E-state index is -0.457. The molecule has 0 saturated carbocycles. The van der Waals surface area contributed by atoms with Crippen LogP contribution in [0.25, 0.3) is 0 Å². The van der Waals surface area contributed by atoms with E-state index in [0.717, 1.165) is 51.1 Å². The molecule has 4 rings (SSSR count). The first-order valence-corrected chi connectivity index (χ1v) is 10.0. The largest absolute Gasteiger partial charge is 0.391 e. The zero-order valence-electron chi connectivity index (χ0n) is 16.4. The molecule has 6 heteroatoms. The fourth-order valence-electron chi connectivity index (χ4n) is 4.65. The minimum Gasteiger partial charge on any atom is -0.391 e.